The van der Waals surface area contributed by atoms with Crippen LogP contribution < -0.4 is 5.32 Å². The molecule has 2 N–H and O–H groups in total. The largest absolute Gasteiger partial charge is 0.450 e. The molecule has 0 heterocycles. The highest BCUT2D eigenvalue weighted by atomic mass is 16.6. The number of nitrogens with one attached hydrogen (secondary N) is 1. The van der Waals surface area contributed by atoms with Gasteiger partial charge in [-0.25, -0.2) is 4.79 Å². The zero-order valence-corrected chi connectivity index (χ0v) is 13.9. The van der Waals surface area contributed by atoms with E-state index >= 15 is 0 Å². The SMILES string of the molecule is CC(=O)c1cccc(NC(=O)[C@H](C)OC(=O)[C@@H](O)c2ccccc2)c1. The van der Waals surface area contributed by atoms with Crippen molar-refractivity contribution < 1.29 is 24.2 Å². The van der Waals surface area contributed by atoms with Gasteiger partial charge in [0.2, 0.25) is 0 Å². The van der Waals surface area contributed by atoms with Crippen molar-refractivity contribution in [3.05, 3.63) is 65.7 Å². The van der Waals surface area contributed by atoms with E-state index in [9.17, 15) is 19.5 Å². The summed E-state index contributed by atoms with van der Waals surface area (Å²) in [5.74, 6) is -1.60. The van der Waals surface area contributed by atoms with Crippen molar-refractivity contribution in [3.8, 4) is 0 Å². The van der Waals surface area contributed by atoms with E-state index in [2.05, 4.69) is 5.32 Å². The lowest BCUT2D eigenvalue weighted by molar-refractivity contribution is -0.162. The number of anilines is 1. The predicted molar refractivity (Wildman–Crippen MR) is 92.0 cm³/mol. The highest BCUT2D eigenvalue weighted by Gasteiger charge is 2.24. The molecule has 0 aliphatic rings. The summed E-state index contributed by atoms with van der Waals surface area (Å²) in [4.78, 5) is 35.5. The summed E-state index contributed by atoms with van der Waals surface area (Å²) in [7, 11) is 0. The quantitative estimate of drug-likeness (QED) is 0.622. The molecule has 2 rings (SSSR count). The Hall–Kier alpha value is -2.99. The van der Waals surface area contributed by atoms with E-state index in [0.29, 0.717) is 16.8 Å². The molecule has 0 radical (unpaired) electrons. The van der Waals surface area contributed by atoms with Crippen molar-refractivity contribution >= 4 is 23.3 Å². The highest BCUT2D eigenvalue weighted by molar-refractivity contribution is 5.98. The van der Waals surface area contributed by atoms with Gasteiger partial charge in [0, 0.05) is 11.3 Å². The van der Waals surface area contributed by atoms with Crippen molar-refractivity contribution in [2.45, 2.75) is 26.1 Å². The van der Waals surface area contributed by atoms with Crippen LogP contribution in [0.1, 0.15) is 35.9 Å². The summed E-state index contributed by atoms with van der Waals surface area (Å²) in [6, 6.07) is 14.7. The molecule has 0 aliphatic heterocycles. The van der Waals surface area contributed by atoms with Crippen molar-refractivity contribution in [3.63, 3.8) is 0 Å². The van der Waals surface area contributed by atoms with Gasteiger partial charge < -0.3 is 15.2 Å². The minimum atomic E-state index is -1.46. The summed E-state index contributed by atoms with van der Waals surface area (Å²) >= 11 is 0. The van der Waals surface area contributed by atoms with Crippen LogP contribution in [0.15, 0.2) is 54.6 Å². The third kappa shape index (κ3) is 4.99. The van der Waals surface area contributed by atoms with E-state index in [1.54, 1.807) is 48.5 Å². The average Bonchev–Trinajstić information content (AvgIpc) is 2.61. The first-order valence-electron chi connectivity index (χ1n) is 7.74. The van der Waals surface area contributed by atoms with Crippen molar-refractivity contribution in [2.75, 3.05) is 5.32 Å². The highest BCUT2D eigenvalue weighted by Crippen LogP contribution is 2.16. The molecular formula is C19H19NO5. The number of hydrogen-bond donors (Lipinski definition) is 2. The number of carbonyl (C=O) groups excluding carboxylic acids is 3. The Kier molecular flexibility index (Phi) is 6.03. The van der Waals surface area contributed by atoms with E-state index < -0.39 is 24.1 Å². The minimum Gasteiger partial charge on any atom is -0.450 e. The predicted octanol–water partition coefficient (Wildman–Crippen LogP) is 2.49. The zero-order chi connectivity index (χ0) is 18.4. The Balaban J connectivity index is 1.97. The number of ketones is 1. The second-order valence-corrected chi connectivity index (χ2v) is 5.52. The maximum absolute atomic E-state index is 12.1. The summed E-state index contributed by atoms with van der Waals surface area (Å²) in [5.41, 5.74) is 1.26. The van der Waals surface area contributed by atoms with Crippen molar-refractivity contribution in [1.82, 2.24) is 0 Å². The van der Waals surface area contributed by atoms with Gasteiger partial charge >= 0.3 is 5.97 Å². The second kappa shape index (κ2) is 8.21. The van der Waals surface area contributed by atoms with Gasteiger partial charge in [0.05, 0.1) is 0 Å². The van der Waals surface area contributed by atoms with E-state index in [4.69, 9.17) is 4.74 Å². The maximum Gasteiger partial charge on any atom is 0.340 e. The molecule has 2 aromatic carbocycles. The Morgan fingerprint density at radius 3 is 2.36 bits per heavy atom. The molecule has 6 heteroatoms. The smallest absolute Gasteiger partial charge is 0.340 e. The van der Waals surface area contributed by atoms with Gasteiger partial charge in [0.25, 0.3) is 5.91 Å². The third-order valence-corrected chi connectivity index (χ3v) is 3.54. The topological polar surface area (TPSA) is 92.7 Å². The first kappa shape index (κ1) is 18.4. The average molecular weight is 341 g/mol. The second-order valence-electron chi connectivity index (χ2n) is 5.52. The van der Waals surface area contributed by atoms with Gasteiger partial charge in [-0.15, -0.1) is 0 Å². The Bertz CT molecular complexity index is 772. The van der Waals surface area contributed by atoms with Crippen LogP contribution in [0.25, 0.3) is 0 Å². The van der Waals surface area contributed by atoms with Crippen LogP contribution in [0.3, 0.4) is 0 Å². The van der Waals surface area contributed by atoms with E-state index in [-0.39, 0.29) is 5.78 Å². The van der Waals surface area contributed by atoms with E-state index in [1.165, 1.54) is 19.9 Å². The lowest BCUT2D eigenvalue weighted by atomic mass is 10.1. The number of aliphatic hydroxyl groups excluding tert-OH is 1. The number of ether oxygens (including phenoxy) is 1. The van der Waals surface area contributed by atoms with Gasteiger partial charge in [-0.05, 0) is 31.5 Å². The molecule has 2 aromatic rings. The molecule has 0 saturated carbocycles. The molecule has 130 valence electrons. The maximum atomic E-state index is 12.1. The number of esters is 1. The Labute approximate surface area is 145 Å². The molecule has 2 atom stereocenters. The molecule has 0 fully saturated rings. The van der Waals surface area contributed by atoms with Gasteiger partial charge in [0.1, 0.15) is 0 Å². The number of amides is 1. The molecule has 1 amide bonds. The molecule has 0 aromatic heterocycles. The van der Waals surface area contributed by atoms with Crippen LogP contribution >= 0.6 is 0 Å². The van der Waals surface area contributed by atoms with Gasteiger partial charge in [-0.2, -0.15) is 0 Å². The minimum absolute atomic E-state index is 0.124. The van der Waals surface area contributed by atoms with Gasteiger partial charge in [-0.1, -0.05) is 42.5 Å². The van der Waals surface area contributed by atoms with Crippen LogP contribution in [0.2, 0.25) is 0 Å². The van der Waals surface area contributed by atoms with Crippen LogP contribution in [-0.2, 0) is 14.3 Å². The lowest BCUT2D eigenvalue weighted by Crippen LogP contribution is -2.31. The number of hydrogen-bond acceptors (Lipinski definition) is 5. The fraction of sp³-hybridized carbons (Fsp3) is 0.211. The standard InChI is InChI=1S/C19H19NO5/c1-12(21)15-9-6-10-16(11-15)20-18(23)13(2)25-19(24)17(22)14-7-4-3-5-8-14/h3-11,13,17,22H,1-2H3,(H,20,23)/t13-,17-/m0/s1. The molecule has 0 aliphatic carbocycles. The first-order valence-corrected chi connectivity index (χ1v) is 7.74. The zero-order valence-electron chi connectivity index (χ0n) is 13.9. The van der Waals surface area contributed by atoms with Crippen LogP contribution in [0.5, 0.6) is 0 Å². The summed E-state index contributed by atoms with van der Waals surface area (Å²) in [5, 5.41) is 12.5. The number of carbonyl (C=O) groups is 3. The molecule has 0 saturated heterocycles. The fourth-order valence-electron chi connectivity index (χ4n) is 2.12. The van der Waals surface area contributed by atoms with Crippen molar-refractivity contribution in [1.29, 1.82) is 0 Å². The molecular weight excluding hydrogens is 322 g/mol. The van der Waals surface area contributed by atoms with E-state index in [0.717, 1.165) is 0 Å². The molecule has 0 bridgehead atoms. The summed E-state index contributed by atoms with van der Waals surface area (Å²) in [6.07, 6.45) is -2.57. The van der Waals surface area contributed by atoms with Crippen LogP contribution in [-0.4, -0.2) is 28.9 Å². The fourth-order valence-corrected chi connectivity index (χ4v) is 2.12. The Morgan fingerprint density at radius 1 is 1.04 bits per heavy atom. The van der Waals surface area contributed by atoms with Gasteiger partial charge in [-0.3, -0.25) is 9.59 Å². The third-order valence-electron chi connectivity index (χ3n) is 3.54. The van der Waals surface area contributed by atoms with Crippen LogP contribution in [0.4, 0.5) is 5.69 Å². The number of aliphatic hydroxyl groups is 1. The van der Waals surface area contributed by atoms with Crippen LogP contribution in [0, 0.1) is 0 Å². The normalized spacial score (nSPS) is 12.8. The molecule has 25 heavy (non-hydrogen) atoms. The Morgan fingerprint density at radius 2 is 1.72 bits per heavy atom. The lowest BCUT2D eigenvalue weighted by Gasteiger charge is -2.16. The van der Waals surface area contributed by atoms with Crippen molar-refractivity contribution in [2.24, 2.45) is 0 Å². The molecule has 0 unspecified atom stereocenters. The van der Waals surface area contributed by atoms with Gasteiger partial charge in [0.15, 0.2) is 18.0 Å². The summed E-state index contributed by atoms with van der Waals surface area (Å²) < 4.78 is 5.01. The number of benzene rings is 2. The summed E-state index contributed by atoms with van der Waals surface area (Å²) in [6.45, 7) is 2.83. The first-order chi connectivity index (χ1) is 11.9. The monoisotopic (exact) mass is 341 g/mol. The number of rotatable bonds is 6. The number of Topliss-reactive ketones (excluding diaryl/α,β-unsaturated/α-hetero) is 1. The molecule has 6 nitrogen and oxygen atoms in total. The van der Waals surface area contributed by atoms with E-state index in [1.807, 2.05) is 0 Å². The molecule has 0 spiro atoms.